The van der Waals surface area contributed by atoms with Crippen LogP contribution in [-0.4, -0.2) is 30.5 Å². The highest BCUT2D eigenvalue weighted by molar-refractivity contribution is 7.07. The van der Waals surface area contributed by atoms with Gasteiger partial charge >= 0.3 is 0 Å². The van der Waals surface area contributed by atoms with Crippen molar-refractivity contribution in [3.05, 3.63) is 40.7 Å². The summed E-state index contributed by atoms with van der Waals surface area (Å²) in [5, 5.41) is 8.15. The molecule has 98 valence electrons. The van der Waals surface area contributed by atoms with Crippen molar-refractivity contribution in [2.75, 3.05) is 19.6 Å². The first-order valence-electron chi connectivity index (χ1n) is 6.30. The van der Waals surface area contributed by atoms with Crippen LogP contribution in [0.1, 0.15) is 10.4 Å². The van der Waals surface area contributed by atoms with E-state index in [0.717, 1.165) is 30.9 Å². The van der Waals surface area contributed by atoms with Crippen LogP contribution in [0.15, 0.2) is 35.2 Å². The third-order valence-corrected chi connectivity index (χ3v) is 3.86. The van der Waals surface area contributed by atoms with Crippen LogP contribution >= 0.6 is 11.3 Å². The molecule has 3 rings (SSSR count). The Kier molecular flexibility index (Phi) is 3.57. The van der Waals surface area contributed by atoms with E-state index in [0.29, 0.717) is 11.5 Å². The number of thiazole rings is 1. The minimum atomic E-state index is -0.0102. The van der Waals surface area contributed by atoms with E-state index < -0.39 is 0 Å². The van der Waals surface area contributed by atoms with Gasteiger partial charge in [-0.05, 0) is 12.1 Å². The van der Waals surface area contributed by atoms with E-state index in [9.17, 15) is 4.79 Å². The van der Waals surface area contributed by atoms with Gasteiger partial charge in [-0.1, -0.05) is 12.1 Å². The topological polar surface area (TPSA) is 54.0 Å². The second-order valence-electron chi connectivity index (χ2n) is 4.69. The maximum Gasteiger partial charge on any atom is 0.251 e. The monoisotopic (exact) mass is 273 g/mol. The van der Waals surface area contributed by atoms with E-state index in [-0.39, 0.29) is 5.91 Å². The minimum absolute atomic E-state index is 0.0102. The standard InChI is InChI=1S/C14H15N3OS/c18-14(16-7-10-5-15-6-10)12-3-1-2-11(4-12)13-8-19-9-17-13/h1-4,8-10,15H,5-7H2,(H,16,18). The number of carbonyl (C=O) groups excluding carboxylic acids is 1. The van der Waals surface area contributed by atoms with Crippen molar-refractivity contribution >= 4 is 17.2 Å². The zero-order chi connectivity index (χ0) is 13.1. The number of benzene rings is 1. The fourth-order valence-electron chi connectivity index (χ4n) is 2.01. The lowest BCUT2D eigenvalue weighted by atomic mass is 10.0. The zero-order valence-corrected chi connectivity index (χ0v) is 11.2. The summed E-state index contributed by atoms with van der Waals surface area (Å²) in [6.07, 6.45) is 0. The van der Waals surface area contributed by atoms with Crippen LogP contribution in [0.5, 0.6) is 0 Å². The van der Waals surface area contributed by atoms with Crippen molar-refractivity contribution < 1.29 is 4.79 Å². The summed E-state index contributed by atoms with van der Waals surface area (Å²) in [6.45, 7) is 2.74. The normalized spacial score (nSPS) is 14.9. The second kappa shape index (κ2) is 5.50. The summed E-state index contributed by atoms with van der Waals surface area (Å²) < 4.78 is 0. The predicted molar refractivity (Wildman–Crippen MR) is 76.2 cm³/mol. The van der Waals surface area contributed by atoms with Crippen LogP contribution in [-0.2, 0) is 0 Å². The van der Waals surface area contributed by atoms with E-state index in [1.165, 1.54) is 0 Å². The van der Waals surface area contributed by atoms with Crippen LogP contribution in [0.25, 0.3) is 11.3 Å². The molecule has 0 saturated carbocycles. The van der Waals surface area contributed by atoms with Gasteiger partial charge in [0.2, 0.25) is 0 Å². The summed E-state index contributed by atoms with van der Waals surface area (Å²) >= 11 is 1.55. The number of aromatic nitrogens is 1. The number of hydrogen-bond donors (Lipinski definition) is 2. The van der Waals surface area contributed by atoms with E-state index in [1.807, 2.05) is 29.6 Å². The molecular weight excluding hydrogens is 258 g/mol. The van der Waals surface area contributed by atoms with Gasteiger partial charge in [0.1, 0.15) is 0 Å². The number of carbonyl (C=O) groups is 1. The molecule has 19 heavy (non-hydrogen) atoms. The van der Waals surface area contributed by atoms with Crippen molar-refractivity contribution in [2.45, 2.75) is 0 Å². The smallest absolute Gasteiger partial charge is 0.251 e. The van der Waals surface area contributed by atoms with Gasteiger partial charge in [-0.2, -0.15) is 0 Å². The molecule has 5 heteroatoms. The van der Waals surface area contributed by atoms with Crippen molar-refractivity contribution in [1.82, 2.24) is 15.6 Å². The van der Waals surface area contributed by atoms with Gasteiger partial charge in [-0.3, -0.25) is 4.79 Å². The molecule has 0 unspecified atom stereocenters. The fraction of sp³-hybridized carbons (Fsp3) is 0.286. The molecule has 1 aromatic heterocycles. The lowest BCUT2D eigenvalue weighted by molar-refractivity contribution is 0.0942. The second-order valence-corrected chi connectivity index (χ2v) is 5.41. The molecule has 1 fully saturated rings. The van der Waals surface area contributed by atoms with Gasteiger partial charge in [0, 0.05) is 42.1 Å². The highest BCUT2D eigenvalue weighted by atomic mass is 32.1. The van der Waals surface area contributed by atoms with Crippen molar-refractivity contribution in [3.63, 3.8) is 0 Å². The van der Waals surface area contributed by atoms with Crippen molar-refractivity contribution in [3.8, 4) is 11.3 Å². The van der Waals surface area contributed by atoms with Crippen LogP contribution in [0.2, 0.25) is 0 Å². The summed E-state index contributed by atoms with van der Waals surface area (Å²) in [6, 6.07) is 7.60. The molecular formula is C14H15N3OS. The Morgan fingerprint density at radius 3 is 3.05 bits per heavy atom. The Balaban J connectivity index is 1.69. The average Bonchev–Trinajstić information content (AvgIpc) is 2.91. The highest BCUT2D eigenvalue weighted by Crippen LogP contribution is 2.20. The number of nitrogens with one attached hydrogen (secondary N) is 2. The van der Waals surface area contributed by atoms with Gasteiger partial charge < -0.3 is 10.6 Å². The molecule has 1 aromatic carbocycles. The lowest BCUT2D eigenvalue weighted by Gasteiger charge is -2.27. The number of rotatable bonds is 4. The Labute approximate surface area is 115 Å². The number of amides is 1. The maximum absolute atomic E-state index is 12.1. The van der Waals surface area contributed by atoms with Gasteiger partial charge in [0.25, 0.3) is 5.91 Å². The van der Waals surface area contributed by atoms with Gasteiger partial charge in [0.15, 0.2) is 0 Å². The molecule has 1 aliphatic heterocycles. The van der Waals surface area contributed by atoms with Crippen LogP contribution in [0, 0.1) is 5.92 Å². The van der Waals surface area contributed by atoms with Crippen molar-refractivity contribution in [1.29, 1.82) is 0 Å². The van der Waals surface area contributed by atoms with Crippen molar-refractivity contribution in [2.24, 2.45) is 5.92 Å². The average molecular weight is 273 g/mol. The molecule has 1 aliphatic rings. The fourth-order valence-corrected chi connectivity index (χ4v) is 2.57. The van der Waals surface area contributed by atoms with Gasteiger partial charge in [-0.25, -0.2) is 4.98 Å². The predicted octanol–water partition coefficient (Wildman–Crippen LogP) is 1.76. The van der Waals surface area contributed by atoms with Gasteiger partial charge in [0.05, 0.1) is 11.2 Å². The lowest BCUT2D eigenvalue weighted by Crippen LogP contribution is -2.48. The number of hydrogen-bond acceptors (Lipinski definition) is 4. The van der Waals surface area contributed by atoms with E-state index >= 15 is 0 Å². The SMILES string of the molecule is O=C(NCC1CNC1)c1cccc(-c2cscn2)c1. The highest BCUT2D eigenvalue weighted by Gasteiger charge is 2.17. The minimum Gasteiger partial charge on any atom is -0.352 e. The largest absolute Gasteiger partial charge is 0.352 e. The zero-order valence-electron chi connectivity index (χ0n) is 10.4. The summed E-state index contributed by atoms with van der Waals surface area (Å²) in [4.78, 5) is 16.3. The van der Waals surface area contributed by atoms with E-state index in [1.54, 1.807) is 16.8 Å². The molecule has 2 aromatic rings. The van der Waals surface area contributed by atoms with E-state index in [4.69, 9.17) is 0 Å². The first-order valence-corrected chi connectivity index (χ1v) is 7.25. The first-order chi connectivity index (χ1) is 9.33. The third kappa shape index (κ3) is 2.83. The third-order valence-electron chi connectivity index (χ3n) is 3.27. The number of nitrogens with zero attached hydrogens (tertiary/aromatic N) is 1. The Hall–Kier alpha value is -1.72. The summed E-state index contributed by atoms with van der Waals surface area (Å²) in [7, 11) is 0. The molecule has 2 heterocycles. The van der Waals surface area contributed by atoms with E-state index in [2.05, 4.69) is 15.6 Å². The molecule has 0 radical (unpaired) electrons. The Morgan fingerprint density at radius 1 is 1.47 bits per heavy atom. The maximum atomic E-state index is 12.1. The molecule has 0 spiro atoms. The molecule has 0 aliphatic carbocycles. The quantitative estimate of drug-likeness (QED) is 0.892. The molecule has 0 bridgehead atoms. The Bertz CT molecular complexity index is 564. The summed E-state index contributed by atoms with van der Waals surface area (Å²) in [5.74, 6) is 0.564. The van der Waals surface area contributed by atoms with Crippen LogP contribution < -0.4 is 10.6 Å². The molecule has 1 saturated heterocycles. The first kappa shape index (κ1) is 12.3. The molecule has 1 amide bonds. The molecule has 4 nitrogen and oxygen atoms in total. The molecule has 2 N–H and O–H groups in total. The summed E-state index contributed by atoms with van der Waals surface area (Å²) in [5.41, 5.74) is 4.39. The van der Waals surface area contributed by atoms with Crippen LogP contribution in [0.3, 0.4) is 0 Å². The molecule has 0 atom stereocenters. The van der Waals surface area contributed by atoms with Crippen LogP contribution in [0.4, 0.5) is 0 Å². The Morgan fingerprint density at radius 2 is 2.37 bits per heavy atom. The van der Waals surface area contributed by atoms with Gasteiger partial charge in [-0.15, -0.1) is 11.3 Å².